The maximum Gasteiger partial charge on any atom is 0.465 e. The first kappa shape index (κ1) is 19.8. The smallest absolute Gasteiger partial charge is 0.236 e. The van der Waals surface area contributed by atoms with E-state index in [1.54, 1.807) is 0 Å². The van der Waals surface area contributed by atoms with Gasteiger partial charge in [-0.2, -0.15) is 0 Å². The van der Waals surface area contributed by atoms with E-state index in [9.17, 15) is 60.7 Å². The fourth-order valence-corrected chi connectivity index (χ4v) is 56.5. The van der Waals surface area contributed by atoms with E-state index in [-0.39, 0.29) is 26.0 Å². The summed E-state index contributed by atoms with van der Waals surface area (Å²) in [5.41, 5.74) is 0. The maximum atomic E-state index is 11.8. The second kappa shape index (κ2) is 6.00. The van der Waals surface area contributed by atoms with Gasteiger partial charge >= 0.3 is 51.8 Å². The van der Waals surface area contributed by atoms with Crippen molar-refractivity contribution in [2.75, 3.05) is 0 Å². The van der Waals surface area contributed by atoms with E-state index in [0.29, 0.717) is 0 Å². The second-order valence-corrected chi connectivity index (χ2v) is 24.9. The fourth-order valence-electron chi connectivity index (χ4n) is 3.20. The van der Waals surface area contributed by atoms with Crippen LogP contribution in [-0.2, 0) is 0 Å². The van der Waals surface area contributed by atoms with Crippen molar-refractivity contribution in [1.82, 2.24) is 26.0 Å². The van der Waals surface area contributed by atoms with E-state index in [4.69, 9.17) is 0 Å². The van der Waals surface area contributed by atoms with Gasteiger partial charge in [0.15, 0.2) is 0 Å². The third-order valence-corrected chi connectivity index (χ3v) is 38.9. The summed E-state index contributed by atoms with van der Waals surface area (Å²) in [6.07, 6.45) is 0. The van der Waals surface area contributed by atoms with Crippen molar-refractivity contribution in [2.24, 2.45) is 0 Å². The van der Waals surface area contributed by atoms with Crippen LogP contribution in [0.1, 0.15) is 0 Å². The Morgan fingerprint density at radius 1 is 0.333 bits per heavy atom. The highest BCUT2D eigenvalue weighted by Crippen LogP contribution is 2.42. The zero-order valence-electron chi connectivity index (χ0n) is 13.3. The van der Waals surface area contributed by atoms with Gasteiger partial charge in [-0.25, -0.2) is 60.7 Å². The molecule has 0 amide bonds. The molecule has 0 spiro atoms. The summed E-state index contributed by atoms with van der Waals surface area (Å²) in [5, 5.41) is 63.2. The highest BCUT2D eigenvalue weighted by atomic mass is 29.4. The molecule has 5 heterocycles. The third kappa shape index (κ3) is 2.09. The summed E-state index contributed by atoms with van der Waals surface area (Å²) < 4.78 is 0.897. The summed E-state index contributed by atoms with van der Waals surface area (Å²) >= 11 is 0. The van der Waals surface area contributed by atoms with Crippen LogP contribution < -0.4 is 0 Å². The topological polar surface area (TPSA) is 278 Å². The zero-order valence-corrected chi connectivity index (χ0v) is 19.3. The number of nitrogens with zero attached hydrogens (tertiary/aromatic N) is 12. The Morgan fingerprint density at radius 2 is 0.433 bits per heavy atom. The van der Waals surface area contributed by atoms with Crippen LogP contribution in [0.4, 0.5) is 0 Å². The van der Waals surface area contributed by atoms with Crippen LogP contribution in [0, 0.1) is 60.7 Å². The van der Waals surface area contributed by atoms with Crippen LogP contribution >= 0.6 is 0 Å². The average molecular weight is 529 g/mol. The second-order valence-electron chi connectivity index (χ2n) is 5.24. The Balaban J connectivity index is 2.12. The number of nitro groups is 6. The van der Waals surface area contributed by atoms with E-state index < -0.39 is 82.0 Å². The number of hydrazine groups is 6. The van der Waals surface area contributed by atoms with Crippen LogP contribution in [0.5, 0.6) is 0 Å². The number of hydrogen-bond donors (Lipinski definition) is 0. The normalized spacial score (nSPS) is 22.4. The molecular weight excluding hydrogens is 529 g/mol. The van der Waals surface area contributed by atoms with Crippen LogP contribution in [0.15, 0.2) is 0 Å². The van der Waals surface area contributed by atoms with Crippen molar-refractivity contribution in [3.63, 3.8) is 0 Å². The van der Waals surface area contributed by atoms with Crippen molar-refractivity contribution in [3.05, 3.63) is 60.7 Å². The van der Waals surface area contributed by atoms with Crippen LogP contribution in [0.25, 0.3) is 0 Å². The molecule has 0 aromatic heterocycles. The minimum atomic E-state index is -3.61. The zero-order chi connectivity index (χ0) is 22.4. The SMILES string of the molecule is O=[N+]([O-])N1[Si]2N([N+](=O)[O-])[Si]3N([N+](=O)[O-])[Si]4N([N+](=O)[O-])[Si]3N([N+](=O)[O-])[Si]2N([N+](=O)[O-])[Si]14. The molecule has 0 atom stereocenters. The lowest BCUT2D eigenvalue weighted by molar-refractivity contribution is -0.635. The molecule has 6 radical (unpaired) electrons. The van der Waals surface area contributed by atoms with Gasteiger partial charge in [0.2, 0.25) is 0 Å². The van der Waals surface area contributed by atoms with Gasteiger partial charge in [0.25, 0.3) is 0 Å². The summed E-state index contributed by atoms with van der Waals surface area (Å²) in [6, 6.07) is 0. The van der Waals surface area contributed by atoms with Crippen LogP contribution in [-0.4, -0.2) is 108 Å². The Hall–Kier alpha value is -3.50. The molecule has 0 unspecified atom stereocenters. The van der Waals surface area contributed by atoms with E-state index in [2.05, 4.69) is 0 Å². The largest absolute Gasteiger partial charge is 0.465 e. The first-order valence-electron chi connectivity index (χ1n) is 6.82. The lowest BCUT2D eigenvalue weighted by atomic mass is 12.7. The lowest BCUT2D eigenvalue weighted by Gasteiger charge is -2.35. The Kier molecular flexibility index (Phi) is 3.96. The first-order chi connectivity index (χ1) is 13.9. The first-order valence-corrected chi connectivity index (χ1v) is 18.2. The minimum Gasteiger partial charge on any atom is -0.236 e. The van der Waals surface area contributed by atoms with Gasteiger partial charge in [-0.05, 0) is 0 Å². The molecule has 5 saturated heterocycles. The minimum absolute atomic E-state index is 0.141. The highest BCUT2D eigenvalue weighted by molar-refractivity contribution is 7.49. The molecule has 5 rings (SSSR count). The van der Waals surface area contributed by atoms with Crippen molar-refractivity contribution in [2.45, 2.75) is 0 Å². The monoisotopic (exact) mass is 528 g/mol. The summed E-state index contributed by atoms with van der Waals surface area (Å²) in [6.45, 7) is 0. The molecule has 0 saturated carbocycles. The molecular formula is N12O12Si6. The van der Waals surface area contributed by atoms with Gasteiger partial charge in [0, 0.05) is 0 Å². The van der Waals surface area contributed by atoms with Crippen molar-refractivity contribution < 1.29 is 30.2 Å². The number of hydrogen-bond acceptors (Lipinski definition) is 12. The third-order valence-electron chi connectivity index (χ3n) is 3.99. The Morgan fingerprint density at radius 3 is 0.500 bits per heavy atom. The van der Waals surface area contributed by atoms with Gasteiger partial charge in [-0.1, -0.05) is 0 Å². The van der Waals surface area contributed by atoms with Crippen LogP contribution in [0.3, 0.4) is 0 Å². The Bertz CT molecular complexity index is 782. The highest BCUT2D eigenvalue weighted by Gasteiger charge is 2.98. The van der Waals surface area contributed by atoms with Gasteiger partial charge in [-0.3, -0.25) is 0 Å². The fraction of sp³-hybridized carbons (Fsp3) is 0. The van der Waals surface area contributed by atoms with Gasteiger partial charge < -0.3 is 0 Å². The number of rotatable bonds is 6. The standard InChI is InChI=1S/N12O12Si6/c13-1(14)7-25-8(2(15)16)28-12(6(23)24)30-10(4(19)20)26(25)9(3(17)18)29(30)11(5(21)22)27(7)28. The molecule has 5 aliphatic rings. The average Bonchev–Trinajstić information content (AvgIpc) is 3.03. The summed E-state index contributed by atoms with van der Waals surface area (Å²) in [7, 11) is -21.1. The molecule has 0 aromatic rings. The van der Waals surface area contributed by atoms with Gasteiger partial charge in [0.05, 0.1) is 0 Å². The summed E-state index contributed by atoms with van der Waals surface area (Å²) in [5.74, 6) is 0. The molecule has 0 aromatic carbocycles. The summed E-state index contributed by atoms with van der Waals surface area (Å²) in [4.78, 5) is 70.6. The molecule has 5 aliphatic heterocycles. The molecule has 30 heavy (non-hydrogen) atoms. The van der Waals surface area contributed by atoms with Gasteiger partial charge in [0.1, 0.15) is 30.2 Å². The molecule has 156 valence electrons. The molecule has 0 N–H and O–H groups in total. The van der Waals surface area contributed by atoms with Gasteiger partial charge in [-0.15, -0.1) is 26.0 Å². The van der Waals surface area contributed by atoms with E-state index >= 15 is 0 Å². The molecule has 24 nitrogen and oxygen atoms in total. The van der Waals surface area contributed by atoms with E-state index in [0.717, 1.165) is 0 Å². The predicted molar refractivity (Wildman–Crippen MR) is 87.5 cm³/mol. The van der Waals surface area contributed by atoms with E-state index in [1.807, 2.05) is 0 Å². The van der Waals surface area contributed by atoms with Crippen molar-refractivity contribution in [3.8, 4) is 0 Å². The van der Waals surface area contributed by atoms with E-state index in [1.165, 1.54) is 0 Å². The molecule has 0 aliphatic carbocycles. The molecule has 5 fully saturated rings. The molecule has 30 heteroatoms. The Labute approximate surface area is 169 Å². The quantitative estimate of drug-likeness (QED) is 0.176. The van der Waals surface area contributed by atoms with Crippen molar-refractivity contribution in [1.29, 1.82) is 0 Å². The maximum absolute atomic E-state index is 11.8. The lowest BCUT2D eigenvalue weighted by Crippen LogP contribution is -2.85. The van der Waals surface area contributed by atoms with Crippen molar-refractivity contribution >= 4 is 51.8 Å². The van der Waals surface area contributed by atoms with Crippen LogP contribution in [0.2, 0.25) is 0 Å². The predicted octanol–water partition coefficient (Wildman–Crippen LogP) is -5.83. The molecule has 6 bridgehead atoms.